The van der Waals surface area contributed by atoms with Crippen LogP contribution in [0.3, 0.4) is 0 Å². The Hall–Kier alpha value is -4.67. The van der Waals surface area contributed by atoms with Gasteiger partial charge in [-0.2, -0.15) is 0 Å². The molecule has 3 aromatic rings. The highest BCUT2D eigenvalue weighted by molar-refractivity contribution is 5.79. The summed E-state index contributed by atoms with van der Waals surface area (Å²) in [5.41, 5.74) is 2.76. The molecule has 1 aliphatic carbocycles. The van der Waals surface area contributed by atoms with Crippen LogP contribution in [0, 0.1) is 22.0 Å². The van der Waals surface area contributed by atoms with Crippen LogP contribution in [-0.4, -0.2) is 41.6 Å². The summed E-state index contributed by atoms with van der Waals surface area (Å²) in [6.45, 7) is 0.214. The van der Waals surface area contributed by atoms with E-state index in [4.69, 9.17) is 18.9 Å². The van der Waals surface area contributed by atoms with Crippen LogP contribution in [-0.2, 0) is 9.53 Å². The van der Waals surface area contributed by atoms with Gasteiger partial charge >= 0.3 is 5.97 Å². The molecule has 0 spiro atoms. The Morgan fingerprint density at radius 3 is 2.41 bits per heavy atom. The molecule has 0 radical (unpaired) electrons. The van der Waals surface area contributed by atoms with Crippen molar-refractivity contribution in [1.82, 2.24) is 0 Å². The number of benzene rings is 3. The lowest BCUT2D eigenvalue weighted by Gasteiger charge is -2.40. The second-order valence-corrected chi connectivity index (χ2v) is 9.15. The predicted octanol–water partition coefficient (Wildman–Crippen LogP) is 3.83. The number of carbonyl (C=O) groups excluding carboxylic acids is 1. The topological polar surface area (TPSA) is 150 Å². The van der Waals surface area contributed by atoms with Crippen LogP contribution in [0.5, 0.6) is 28.7 Å². The number of anilines is 1. The third-order valence-corrected chi connectivity index (χ3v) is 7.24. The van der Waals surface area contributed by atoms with Crippen molar-refractivity contribution >= 4 is 17.3 Å². The predicted molar refractivity (Wildman–Crippen MR) is 128 cm³/mol. The standard InChI is InChI=1S/C26H22N2O9/c1-34-21-7-12(6-18(29)25(21)30)22-15-8-19-20(37-11-36-19)9-16(15)24(17-10-35-26(31)23(17)22)27-13-2-4-14(5-3-13)28(32)33/h2-9,17,22-24,27,29-30H,10-11H2,1H3/t17-,22+,23-,24?/m0/s1. The van der Waals surface area contributed by atoms with E-state index in [2.05, 4.69) is 5.32 Å². The number of rotatable bonds is 5. The monoisotopic (exact) mass is 506 g/mol. The Morgan fingerprint density at radius 2 is 1.73 bits per heavy atom. The lowest BCUT2D eigenvalue weighted by Crippen LogP contribution is -2.37. The molecule has 190 valence electrons. The highest BCUT2D eigenvalue weighted by Crippen LogP contribution is 2.56. The van der Waals surface area contributed by atoms with E-state index in [1.165, 1.54) is 25.3 Å². The second kappa shape index (κ2) is 8.47. The van der Waals surface area contributed by atoms with Gasteiger partial charge in [0.15, 0.2) is 23.0 Å². The average Bonchev–Trinajstić information content (AvgIpc) is 3.51. The average molecular weight is 506 g/mol. The molecule has 1 unspecified atom stereocenters. The van der Waals surface area contributed by atoms with Crippen LogP contribution < -0.4 is 19.5 Å². The molecule has 3 aromatic carbocycles. The minimum Gasteiger partial charge on any atom is -0.504 e. The maximum atomic E-state index is 13.1. The van der Waals surface area contributed by atoms with Crippen molar-refractivity contribution in [2.75, 3.05) is 25.8 Å². The Balaban J connectivity index is 1.51. The molecular weight excluding hydrogens is 484 g/mol. The molecule has 4 atom stereocenters. The lowest BCUT2D eigenvalue weighted by molar-refractivity contribution is -0.384. The molecule has 11 heteroatoms. The molecular formula is C26H22N2O9. The van der Waals surface area contributed by atoms with E-state index in [0.29, 0.717) is 22.7 Å². The molecule has 0 amide bonds. The smallest absolute Gasteiger partial charge is 0.310 e. The van der Waals surface area contributed by atoms with Crippen LogP contribution in [0.4, 0.5) is 11.4 Å². The van der Waals surface area contributed by atoms with Crippen LogP contribution >= 0.6 is 0 Å². The number of nitrogens with one attached hydrogen (secondary N) is 1. The van der Waals surface area contributed by atoms with Crippen LogP contribution in [0.2, 0.25) is 0 Å². The Kier molecular flexibility index (Phi) is 5.21. The fraction of sp³-hybridized carbons (Fsp3) is 0.269. The summed E-state index contributed by atoms with van der Waals surface area (Å²) in [6.07, 6.45) is 0. The maximum absolute atomic E-state index is 13.1. The first-order chi connectivity index (χ1) is 17.9. The van der Waals surface area contributed by atoms with Crippen molar-refractivity contribution in [3.8, 4) is 28.7 Å². The van der Waals surface area contributed by atoms with E-state index >= 15 is 0 Å². The number of nitro groups is 1. The number of carbonyl (C=O) groups is 1. The van der Waals surface area contributed by atoms with E-state index < -0.39 is 28.6 Å². The van der Waals surface area contributed by atoms with E-state index in [1.54, 1.807) is 18.2 Å². The molecule has 6 rings (SSSR count). The number of methoxy groups -OCH3 is 1. The summed E-state index contributed by atoms with van der Waals surface area (Å²) < 4.78 is 22.1. The van der Waals surface area contributed by atoms with Gasteiger partial charge in [0.2, 0.25) is 12.5 Å². The minimum absolute atomic E-state index is 0.0311. The van der Waals surface area contributed by atoms with E-state index in [0.717, 1.165) is 11.1 Å². The highest BCUT2D eigenvalue weighted by Gasteiger charge is 2.52. The molecule has 3 aliphatic rings. The minimum atomic E-state index is -0.628. The summed E-state index contributed by atoms with van der Waals surface area (Å²) in [6, 6.07) is 12.4. The van der Waals surface area contributed by atoms with E-state index in [-0.39, 0.29) is 42.5 Å². The first kappa shape index (κ1) is 22.8. The van der Waals surface area contributed by atoms with Crippen molar-refractivity contribution in [1.29, 1.82) is 0 Å². The van der Waals surface area contributed by atoms with Gasteiger partial charge in [0.05, 0.1) is 30.6 Å². The number of ether oxygens (including phenoxy) is 4. The van der Waals surface area contributed by atoms with E-state index in [9.17, 15) is 25.1 Å². The van der Waals surface area contributed by atoms with Crippen LogP contribution in [0.15, 0.2) is 48.5 Å². The first-order valence-electron chi connectivity index (χ1n) is 11.6. The normalized spacial score (nSPS) is 23.1. The van der Waals surface area contributed by atoms with Crippen LogP contribution in [0.25, 0.3) is 0 Å². The fourth-order valence-corrected chi connectivity index (χ4v) is 5.56. The summed E-state index contributed by atoms with van der Waals surface area (Å²) in [5.74, 6) is -1.48. The molecule has 0 aromatic heterocycles. The summed E-state index contributed by atoms with van der Waals surface area (Å²) in [4.78, 5) is 23.8. The lowest BCUT2D eigenvalue weighted by atomic mass is 9.65. The fourth-order valence-electron chi connectivity index (χ4n) is 5.56. The SMILES string of the molecule is COc1cc([C@@H]2c3cc4c(cc3C(Nc3ccc([N+](=O)[O-])cc3)[C@H]3COC(=O)[C@H]23)OCO4)cc(O)c1O. The zero-order valence-electron chi connectivity index (χ0n) is 19.5. The van der Waals surface area contributed by atoms with Crippen molar-refractivity contribution in [2.24, 2.45) is 11.8 Å². The summed E-state index contributed by atoms with van der Waals surface area (Å²) in [7, 11) is 1.38. The summed E-state index contributed by atoms with van der Waals surface area (Å²) in [5, 5.41) is 35.1. The Bertz CT molecular complexity index is 1420. The molecule has 0 bridgehead atoms. The number of cyclic esters (lactones) is 1. The van der Waals surface area contributed by atoms with Crippen LogP contribution in [0.1, 0.15) is 28.7 Å². The number of fused-ring (bicyclic) bond motifs is 3. The van der Waals surface area contributed by atoms with Crippen molar-refractivity contribution in [2.45, 2.75) is 12.0 Å². The number of phenols is 2. The van der Waals surface area contributed by atoms with Gasteiger partial charge in [-0.05, 0) is 53.1 Å². The van der Waals surface area contributed by atoms with Crippen molar-refractivity contribution in [3.63, 3.8) is 0 Å². The van der Waals surface area contributed by atoms with Crippen molar-refractivity contribution < 1.29 is 38.9 Å². The van der Waals surface area contributed by atoms with Gasteiger partial charge in [0, 0.05) is 29.7 Å². The summed E-state index contributed by atoms with van der Waals surface area (Å²) >= 11 is 0. The molecule has 37 heavy (non-hydrogen) atoms. The molecule has 2 aliphatic heterocycles. The van der Waals surface area contributed by atoms with Gasteiger partial charge in [-0.15, -0.1) is 0 Å². The molecule has 3 N–H and O–H groups in total. The second-order valence-electron chi connectivity index (χ2n) is 9.15. The zero-order valence-corrected chi connectivity index (χ0v) is 19.5. The molecule has 11 nitrogen and oxygen atoms in total. The number of nitrogens with zero attached hydrogens (tertiary/aromatic N) is 1. The third kappa shape index (κ3) is 3.62. The van der Waals surface area contributed by atoms with Gasteiger partial charge in [-0.25, -0.2) is 0 Å². The van der Waals surface area contributed by atoms with E-state index in [1.807, 2.05) is 12.1 Å². The number of non-ortho nitro benzene ring substituents is 1. The number of hydrogen-bond acceptors (Lipinski definition) is 10. The number of nitro benzene ring substituents is 1. The molecule has 0 saturated carbocycles. The molecule has 1 saturated heterocycles. The molecule has 2 heterocycles. The highest BCUT2D eigenvalue weighted by atomic mass is 16.7. The van der Waals surface area contributed by atoms with Gasteiger partial charge in [-0.3, -0.25) is 14.9 Å². The van der Waals surface area contributed by atoms with Gasteiger partial charge < -0.3 is 34.5 Å². The number of aromatic hydroxyl groups is 2. The number of esters is 1. The Morgan fingerprint density at radius 1 is 1.03 bits per heavy atom. The number of hydrogen-bond donors (Lipinski definition) is 3. The van der Waals surface area contributed by atoms with Gasteiger partial charge in [-0.1, -0.05) is 0 Å². The largest absolute Gasteiger partial charge is 0.504 e. The third-order valence-electron chi connectivity index (χ3n) is 7.24. The van der Waals surface area contributed by atoms with Gasteiger partial charge in [0.25, 0.3) is 5.69 Å². The first-order valence-corrected chi connectivity index (χ1v) is 11.6. The zero-order chi connectivity index (χ0) is 25.8. The van der Waals surface area contributed by atoms with Crippen molar-refractivity contribution in [3.05, 3.63) is 75.3 Å². The molecule has 1 fully saturated rings. The number of phenolic OH excluding ortho intramolecular Hbond substituents is 2. The Labute approximate surface area is 210 Å². The maximum Gasteiger partial charge on any atom is 0.310 e. The van der Waals surface area contributed by atoms with Gasteiger partial charge in [0.1, 0.15) is 0 Å². The quantitative estimate of drug-likeness (QED) is 0.202.